The third kappa shape index (κ3) is 2.22. The van der Waals surface area contributed by atoms with Gasteiger partial charge in [0.1, 0.15) is 5.82 Å². The fourth-order valence-electron chi connectivity index (χ4n) is 2.51. The molecule has 1 aliphatic rings. The number of imidazole rings is 1. The van der Waals surface area contributed by atoms with Gasteiger partial charge in [-0.25, -0.2) is 13.8 Å². The molecule has 1 aliphatic carbocycles. The third-order valence-corrected chi connectivity index (χ3v) is 3.49. The van der Waals surface area contributed by atoms with Crippen molar-refractivity contribution < 1.29 is 8.78 Å². The lowest BCUT2D eigenvalue weighted by Gasteiger charge is -2.09. The number of nitrogens with one attached hydrogen (secondary N) is 2. The number of aromatic nitrogens is 2. The zero-order valence-corrected chi connectivity index (χ0v) is 9.97. The number of hydrogen-bond donors (Lipinski definition) is 2. The van der Waals surface area contributed by atoms with Crippen molar-refractivity contribution in [2.75, 3.05) is 0 Å². The van der Waals surface area contributed by atoms with Crippen LogP contribution in [0.2, 0.25) is 0 Å². The Labute approximate surface area is 104 Å². The Hall–Kier alpha value is -1.49. The van der Waals surface area contributed by atoms with Gasteiger partial charge in [0.2, 0.25) is 0 Å². The first-order valence-electron chi connectivity index (χ1n) is 6.29. The molecule has 2 N–H and O–H groups in total. The van der Waals surface area contributed by atoms with Crippen molar-refractivity contribution in [1.29, 1.82) is 0 Å². The molecular formula is C13H15F2N3. The maximum atomic E-state index is 13.1. The summed E-state index contributed by atoms with van der Waals surface area (Å²) in [5.74, 6) is -0.979. The summed E-state index contributed by atoms with van der Waals surface area (Å²) in [5, 5.41) is 3.41. The number of hydrogen-bond acceptors (Lipinski definition) is 2. The predicted octanol–water partition coefficient (Wildman–Crippen LogP) is 2.87. The Morgan fingerprint density at radius 2 is 1.94 bits per heavy atom. The summed E-state index contributed by atoms with van der Waals surface area (Å²) in [5.41, 5.74) is 1.01. The van der Waals surface area contributed by atoms with E-state index < -0.39 is 11.6 Å². The lowest BCUT2D eigenvalue weighted by atomic mass is 10.2. The summed E-state index contributed by atoms with van der Waals surface area (Å²) >= 11 is 0. The molecule has 5 heteroatoms. The van der Waals surface area contributed by atoms with E-state index in [0.29, 0.717) is 23.6 Å². The summed E-state index contributed by atoms with van der Waals surface area (Å²) in [6, 6.07) is 2.82. The van der Waals surface area contributed by atoms with Gasteiger partial charge in [0.15, 0.2) is 11.6 Å². The van der Waals surface area contributed by atoms with Gasteiger partial charge in [-0.05, 0) is 12.8 Å². The van der Waals surface area contributed by atoms with E-state index in [1.54, 1.807) is 0 Å². The number of aromatic amines is 1. The molecule has 1 heterocycles. The second kappa shape index (κ2) is 4.65. The molecule has 1 fully saturated rings. The molecule has 0 spiro atoms. The van der Waals surface area contributed by atoms with Crippen LogP contribution in [-0.2, 0) is 6.54 Å². The van der Waals surface area contributed by atoms with Crippen LogP contribution >= 0.6 is 0 Å². The van der Waals surface area contributed by atoms with Crippen molar-refractivity contribution in [1.82, 2.24) is 15.3 Å². The van der Waals surface area contributed by atoms with Crippen LogP contribution < -0.4 is 5.32 Å². The number of nitrogens with zero attached hydrogens (tertiary/aromatic N) is 1. The number of benzene rings is 1. The van der Waals surface area contributed by atoms with Gasteiger partial charge in [-0.2, -0.15) is 0 Å². The van der Waals surface area contributed by atoms with Gasteiger partial charge in [-0.1, -0.05) is 12.8 Å². The van der Waals surface area contributed by atoms with Crippen molar-refractivity contribution >= 4 is 11.0 Å². The van der Waals surface area contributed by atoms with Crippen molar-refractivity contribution in [3.05, 3.63) is 29.6 Å². The van der Waals surface area contributed by atoms with Crippen molar-refractivity contribution in [2.24, 2.45) is 0 Å². The smallest absolute Gasteiger partial charge is 0.161 e. The molecule has 0 amide bonds. The van der Waals surface area contributed by atoms with Crippen LogP contribution in [0.1, 0.15) is 31.5 Å². The van der Waals surface area contributed by atoms with E-state index in [1.165, 1.54) is 25.7 Å². The average Bonchev–Trinajstić information content (AvgIpc) is 2.96. The Morgan fingerprint density at radius 3 is 2.72 bits per heavy atom. The Kier molecular flexibility index (Phi) is 2.99. The Balaban J connectivity index is 1.76. The highest BCUT2D eigenvalue weighted by Crippen LogP contribution is 2.19. The van der Waals surface area contributed by atoms with Crippen LogP contribution in [-0.4, -0.2) is 16.0 Å². The third-order valence-electron chi connectivity index (χ3n) is 3.49. The minimum absolute atomic E-state index is 0.470. The molecule has 2 aromatic rings. The highest BCUT2D eigenvalue weighted by Gasteiger charge is 2.15. The Morgan fingerprint density at radius 1 is 1.22 bits per heavy atom. The molecule has 3 rings (SSSR count). The lowest BCUT2D eigenvalue weighted by Crippen LogP contribution is -2.25. The minimum atomic E-state index is -0.857. The maximum Gasteiger partial charge on any atom is 0.161 e. The molecule has 0 unspecified atom stereocenters. The summed E-state index contributed by atoms with van der Waals surface area (Å²) in [6.45, 7) is 0.614. The quantitative estimate of drug-likeness (QED) is 0.880. The number of halogens is 2. The van der Waals surface area contributed by atoms with Crippen LogP contribution in [0, 0.1) is 11.6 Å². The fraction of sp³-hybridized carbons (Fsp3) is 0.462. The van der Waals surface area contributed by atoms with Crippen molar-refractivity contribution in [3.8, 4) is 0 Å². The molecule has 0 aliphatic heterocycles. The average molecular weight is 251 g/mol. The van der Waals surface area contributed by atoms with Crippen molar-refractivity contribution in [3.63, 3.8) is 0 Å². The van der Waals surface area contributed by atoms with Gasteiger partial charge in [0, 0.05) is 18.2 Å². The molecule has 1 aromatic carbocycles. The highest BCUT2D eigenvalue weighted by molar-refractivity contribution is 5.75. The summed E-state index contributed by atoms with van der Waals surface area (Å²) in [7, 11) is 0. The first-order chi connectivity index (χ1) is 8.72. The molecule has 0 radical (unpaired) electrons. The first kappa shape index (κ1) is 11.6. The van der Waals surface area contributed by atoms with Gasteiger partial charge in [0.05, 0.1) is 17.6 Å². The minimum Gasteiger partial charge on any atom is -0.341 e. The number of fused-ring (bicyclic) bond motifs is 1. The lowest BCUT2D eigenvalue weighted by molar-refractivity contribution is 0.510. The van der Waals surface area contributed by atoms with Crippen LogP contribution in [0.3, 0.4) is 0 Å². The van der Waals surface area contributed by atoms with Crippen LogP contribution in [0.15, 0.2) is 12.1 Å². The SMILES string of the molecule is Fc1cc2nc(CNC3CCCC3)[nH]c2cc1F. The van der Waals surface area contributed by atoms with Gasteiger partial charge < -0.3 is 10.3 Å². The molecule has 18 heavy (non-hydrogen) atoms. The zero-order chi connectivity index (χ0) is 12.5. The van der Waals surface area contributed by atoms with E-state index in [-0.39, 0.29) is 0 Å². The molecule has 0 bridgehead atoms. The van der Waals surface area contributed by atoms with Crippen LogP contribution in [0.5, 0.6) is 0 Å². The van der Waals surface area contributed by atoms with Gasteiger partial charge in [0.25, 0.3) is 0 Å². The summed E-state index contributed by atoms with van der Waals surface area (Å²) < 4.78 is 26.1. The molecule has 0 saturated heterocycles. The maximum absolute atomic E-state index is 13.1. The van der Waals surface area contributed by atoms with Crippen LogP contribution in [0.25, 0.3) is 11.0 Å². The van der Waals surface area contributed by atoms with Gasteiger partial charge >= 0.3 is 0 Å². The highest BCUT2D eigenvalue weighted by atomic mass is 19.2. The largest absolute Gasteiger partial charge is 0.341 e. The molecule has 1 saturated carbocycles. The van der Waals surface area contributed by atoms with E-state index in [9.17, 15) is 8.78 Å². The van der Waals surface area contributed by atoms with E-state index >= 15 is 0 Å². The van der Waals surface area contributed by atoms with Gasteiger partial charge in [-0.15, -0.1) is 0 Å². The zero-order valence-electron chi connectivity index (χ0n) is 9.97. The van der Waals surface area contributed by atoms with E-state index in [2.05, 4.69) is 15.3 Å². The van der Waals surface area contributed by atoms with Crippen LogP contribution in [0.4, 0.5) is 8.78 Å². The molecule has 1 aromatic heterocycles. The fourth-order valence-corrected chi connectivity index (χ4v) is 2.51. The van der Waals surface area contributed by atoms with E-state index in [0.717, 1.165) is 18.0 Å². The molecule has 3 nitrogen and oxygen atoms in total. The standard InChI is InChI=1S/C13H15F2N3/c14-9-5-11-12(6-10(9)15)18-13(17-11)7-16-8-3-1-2-4-8/h5-6,8,16H,1-4,7H2,(H,17,18). The summed E-state index contributed by atoms with van der Waals surface area (Å²) in [6.07, 6.45) is 4.94. The van der Waals surface area contributed by atoms with E-state index in [1.807, 2.05) is 0 Å². The van der Waals surface area contributed by atoms with E-state index in [4.69, 9.17) is 0 Å². The topological polar surface area (TPSA) is 40.7 Å². The van der Waals surface area contributed by atoms with Crippen molar-refractivity contribution in [2.45, 2.75) is 38.3 Å². The second-order valence-corrected chi connectivity index (χ2v) is 4.83. The number of rotatable bonds is 3. The molecule has 96 valence electrons. The number of H-pyrrole nitrogens is 1. The Bertz CT molecular complexity index is 520. The van der Waals surface area contributed by atoms with Gasteiger partial charge in [-0.3, -0.25) is 0 Å². The second-order valence-electron chi connectivity index (χ2n) is 4.83. The monoisotopic (exact) mass is 251 g/mol. The predicted molar refractivity (Wildman–Crippen MR) is 65.1 cm³/mol. The normalized spacial score (nSPS) is 16.8. The molecule has 0 atom stereocenters. The summed E-state index contributed by atoms with van der Waals surface area (Å²) in [4.78, 5) is 7.26. The molecular weight excluding hydrogens is 236 g/mol. The first-order valence-corrected chi connectivity index (χ1v) is 6.29.